The lowest BCUT2D eigenvalue weighted by Gasteiger charge is -2.04. The first kappa shape index (κ1) is 10.6. The monoisotopic (exact) mass is 263 g/mol. The molecule has 5 heteroatoms. The summed E-state index contributed by atoms with van der Waals surface area (Å²) in [5, 5.41) is 8.84. The SMILES string of the molecule is Clc1ccc2nc(Cl)c(-c3ccn[nH]3)cc2c1. The van der Waals surface area contributed by atoms with Gasteiger partial charge in [-0.15, -0.1) is 0 Å². The van der Waals surface area contributed by atoms with Gasteiger partial charge in [-0.2, -0.15) is 5.10 Å². The third-order valence-electron chi connectivity index (χ3n) is 2.52. The van der Waals surface area contributed by atoms with Gasteiger partial charge in [-0.1, -0.05) is 23.2 Å². The first-order valence-electron chi connectivity index (χ1n) is 4.99. The Balaban J connectivity index is 2.29. The second-order valence-electron chi connectivity index (χ2n) is 3.63. The summed E-state index contributed by atoms with van der Waals surface area (Å²) in [7, 11) is 0. The topological polar surface area (TPSA) is 41.6 Å². The van der Waals surface area contributed by atoms with Gasteiger partial charge >= 0.3 is 0 Å². The third-order valence-corrected chi connectivity index (χ3v) is 3.04. The molecule has 3 rings (SSSR count). The summed E-state index contributed by atoms with van der Waals surface area (Å²) in [6.45, 7) is 0. The molecule has 0 aliphatic heterocycles. The van der Waals surface area contributed by atoms with Crippen LogP contribution in [0.4, 0.5) is 0 Å². The fourth-order valence-corrected chi connectivity index (χ4v) is 2.15. The van der Waals surface area contributed by atoms with Crippen molar-refractivity contribution in [2.75, 3.05) is 0 Å². The molecule has 2 heterocycles. The van der Waals surface area contributed by atoms with Crippen molar-refractivity contribution in [3.05, 3.63) is 46.7 Å². The van der Waals surface area contributed by atoms with Crippen molar-refractivity contribution >= 4 is 34.1 Å². The molecule has 0 saturated heterocycles. The number of aromatic nitrogens is 3. The van der Waals surface area contributed by atoms with E-state index in [2.05, 4.69) is 15.2 Å². The number of nitrogens with zero attached hydrogens (tertiary/aromatic N) is 2. The van der Waals surface area contributed by atoms with Crippen molar-refractivity contribution < 1.29 is 0 Å². The number of hydrogen-bond donors (Lipinski definition) is 1. The van der Waals surface area contributed by atoms with Gasteiger partial charge in [-0.3, -0.25) is 5.10 Å². The zero-order valence-electron chi connectivity index (χ0n) is 8.61. The van der Waals surface area contributed by atoms with E-state index < -0.39 is 0 Å². The molecule has 1 aromatic carbocycles. The van der Waals surface area contributed by atoms with Crippen LogP contribution < -0.4 is 0 Å². The minimum atomic E-state index is 0.448. The van der Waals surface area contributed by atoms with Crippen molar-refractivity contribution in [2.45, 2.75) is 0 Å². The lowest BCUT2D eigenvalue weighted by Crippen LogP contribution is -1.86. The van der Waals surface area contributed by atoms with E-state index >= 15 is 0 Å². The molecule has 0 radical (unpaired) electrons. The maximum absolute atomic E-state index is 6.14. The predicted molar refractivity (Wildman–Crippen MR) is 69.3 cm³/mol. The lowest BCUT2D eigenvalue weighted by molar-refractivity contribution is 1.09. The molecule has 2 aromatic heterocycles. The second-order valence-corrected chi connectivity index (χ2v) is 4.43. The van der Waals surface area contributed by atoms with Gasteiger partial charge in [-0.05, 0) is 30.3 Å². The molecular weight excluding hydrogens is 257 g/mol. The Morgan fingerprint density at radius 1 is 1.06 bits per heavy atom. The summed E-state index contributed by atoms with van der Waals surface area (Å²) in [6.07, 6.45) is 1.67. The number of fused-ring (bicyclic) bond motifs is 1. The van der Waals surface area contributed by atoms with E-state index in [0.29, 0.717) is 10.2 Å². The van der Waals surface area contributed by atoms with Crippen LogP contribution >= 0.6 is 23.2 Å². The Bertz CT molecular complexity index is 678. The molecular formula is C12H7Cl2N3. The molecule has 3 nitrogen and oxygen atoms in total. The van der Waals surface area contributed by atoms with E-state index in [1.807, 2.05) is 24.3 Å². The fourth-order valence-electron chi connectivity index (χ4n) is 1.72. The van der Waals surface area contributed by atoms with E-state index in [0.717, 1.165) is 22.2 Å². The normalized spacial score (nSPS) is 10.9. The summed E-state index contributed by atoms with van der Waals surface area (Å²) in [4.78, 5) is 4.33. The van der Waals surface area contributed by atoms with Crippen LogP contribution in [-0.2, 0) is 0 Å². The fraction of sp³-hybridized carbons (Fsp3) is 0. The van der Waals surface area contributed by atoms with E-state index in [1.165, 1.54) is 0 Å². The number of halogens is 2. The molecule has 1 N–H and O–H groups in total. The van der Waals surface area contributed by atoms with Crippen LogP contribution in [0.1, 0.15) is 0 Å². The van der Waals surface area contributed by atoms with Gasteiger partial charge in [0.2, 0.25) is 0 Å². The molecule has 0 saturated carbocycles. The smallest absolute Gasteiger partial charge is 0.139 e. The molecule has 3 aromatic rings. The van der Waals surface area contributed by atoms with Gasteiger partial charge in [-0.25, -0.2) is 4.98 Å². The van der Waals surface area contributed by atoms with Crippen molar-refractivity contribution in [1.29, 1.82) is 0 Å². The molecule has 0 unspecified atom stereocenters. The molecule has 17 heavy (non-hydrogen) atoms. The Labute approximate surface area is 107 Å². The van der Waals surface area contributed by atoms with Gasteiger partial charge in [0.25, 0.3) is 0 Å². The van der Waals surface area contributed by atoms with E-state index in [4.69, 9.17) is 23.2 Å². The van der Waals surface area contributed by atoms with Crippen LogP contribution in [0, 0.1) is 0 Å². The maximum atomic E-state index is 6.14. The molecule has 0 aliphatic rings. The number of benzene rings is 1. The quantitative estimate of drug-likeness (QED) is 0.676. The zero-order valence-corrected chi connectivity index (χ0v) is 10.1. The average molecular weight is 264 g/mol. The van der Waals surface area contributed by atoms with Crippen LogP contribution in [0.3, 0.4) is 0 Å². The van der Waals surface area contributed by atoms with Gasteiger partial charge in [0.15, 0.2) is 0 Å². The average Bonchev–Trinajstić information content (AvgIpc) is 2.82. The van der Waals surface area contributed by atoms with Crippen molar-refractivity contribution in [3.8, 4) is 11.3 Å². The number of H-pyrrole nitrogens is 1. The Morgan fingerprint density at radius 3 is 2.71 bits per heavy atom. The molecule has 0 aliphatic carbocycles. The number of aromatic amines is 1. The molecule has 0 fully saturated rings. The molecule has 0 spiro atoms. The van der Waals surface area contributed by atoms with Crippen molar-refractivity contribution in [3.63, 3.8) is 0 Å². The molecule has 0 amide bonds. The first-order valence-corrected chi connectivity index (χ1v) is 5.75. The summed E-state index contributed by atoms with van der Waals surface area (Å²) in [6, 6.07) is 9.30. The highest BCUT2D eigenvalue weighted by atomic mass is 35.5. The summed E-state index contributed by atoms with van der Waals surface area (Å²) in [5.74, 6) is 0. The summed E-state index contributed by atoms with van der Waals surface area (Å²) in [5.41, 5.74) is 2.48. The standard InChI is InChI=1S/C12H7Cl2N3/c13-8-1-2-10-7(5-8)6-9(12(14)16-10)11-3-4-15-17-11/h1-6H,(H,15,17). The summed E-state index contributed by atoms with van der Waals surface area (Å²) >= 11 is 12.1. The summed E-state index contributed by atoms with van der Waals surface area (Å²) < 4.78 is 0. The van der Waals surface area contributed by atoms with E-state index in [1.54, 1.807) is 12.3 Å². The minimum Gasteiger partial charge on any atom is -0.278 e. The second kappa shape index (κ2) is 4.02. The Kier molecular flexibility index (Phi) is 2.50. The third kappa shape index (κ3) is 1.88. The van der Waals surface area contributed by atoms with E-state index in [9.17, 15) is 0 Å². The number of rotatable bonds is 1. The van der Waals surface area contributed by atoms with Gasteiger partial charge < -0.3 is 0 Å². The van der Waals surface area contributed by atoms with Gasteiger partial charge in [0, 0.05) is 22.2 Å². The number of pyridine rings is 1. The van der Waals surface area contributed by atoms with Crippen molar-refractivity contribution in [2.24, 2.45) is 0 Å². The number of nitrogens with one attached hydrogen (secondary N) is 1. The minimum absolute atomic E-state index is 0.448. The lowest BCUT2D eigenvalue weighted by atomic mass is 10.1. The van der Waals surface area contributed by atoms with Gasteiger partial charge in [0.05, 0.1) is 11.2 Å². The number of hydrogen-bond acceptors (Lipinski definition) is 2. The van der Waals surface area contributed by atoms with Crippen LogP contribution in [0.5, 0.6) is 0 Å². The highest BCUT2D eigenvalue weighted by molar-refractivity contribution is 6.33. The highest BCUT2D eigenvalue weighted by Gasteiger charge is 2.08. The van der Waals surface area contributed by atoms with Crippen LogP contribution in [0.15, 0.2) is 36.5 Å². The van der Waals surface area contributed by atoms with Crippen molar-refractivity contribution in [1.82, 2.24) is 15.2 Å². The zero-order chi connectivity index (χ0) is 11.8. The predicted octanol–water partition coefficient (Wildman–Crippen LogP) is 3.93. The molecule has 0 bridgehead atoms. The highest BCUT2D eigenvalue weighted by Crippen LogP contribution is 2.29. The van der Waals surface area contributed by atoms with Gasteiger partial charge in [0.1, 0.15) is 5.15 Å². The van der Waals surface area contributed by atoms with Crippen LogP contribution in [-0.4, -0.2) is 15.2 Å². The Morgan fingerprint density at radius 2 is 1.94 bits per heavy atom. The van der Waals surface area contributed by atoms with E-state index in [-0.39, 0.29) is 0 Å². The van der Waals surface area contributed by atoms with Crippen LogP contribution in [0.2, 0.25) is 10.2 Å². The van der Waals surface area contributed by atoms with Crippen LogP contribution in [0.25, 0.3) is 22.2 Å². The maximum Gasteiger partial charge on any atom is 0.139 e. The first-order chi connectivity index (χ1) is 8.24. The molecule has 84 valence electrons. The largest absolute Gasteiger partial charge is 0.278 e. The molecule has 0 atom stereocenters. The Hall–Kier alpha value is -1.58.